The van der Waals surface area contributed by atoms with Crippen LogP contribution in [-0.2, 0) is 14.8 Å². The summed E-state index contributed by atoms with van der Waals surface area (Å²) in [5.41, 5.74) is 0.221. The molecule has 27 heavy (non-hydrogen) atoms. The number of sulfonamides is 1. The van der Waals surface area contributed by atoms with Gasteiger partial charge in [-0.1, -0.05) is 0 Å². The summed E-state index contributed by atoms with van der Waals surface area (Å²) in [5, 5.41) is 11.8. The molecular formula is C17H23N3O6S. The van der Waals surface area contributed by atoms with Gasteiger partial charge in [0.25, 0.3) is 0 Å². The Kier molecular flexibility index (Phi) is 5.56. The number of ether oxygens (including phenoxy) is 1. The maximum absolute atomic E-state index is 12.6. The van der Waals surface area contributed by atoms with E-state index in [9.17, 15) is 18.0 Å². The first-order valence-electron chi connectivity index (χ1n) is 8.79. The number of carbonyl (C=O) groups excluding carboxylic acids is 1. The van der Waals surface area contributed by atoms with Crippen molar-refractivity contribution in [3.63, 3.8) is 0 Å². The minimum atomic E-state index is -3.67. The standard InChI is InChI=1S/C17H23N3O6S/c1-26-15-7-6-13(27(24,25)19-12-4-5-12)9-14(15)18-17(23)20-8-2-3-11(10-20)16(21)22/h6-7,9,11-12,19H,2-5,8,10H2,1H3,(H,18,23)(H,21,22). The molecule has 2 fully saturated rings. The Morgan fingerprint density at radius 1 is 1.26 bits per heavy atom. The second-order valence-corrected chi connectivity index (χ2v) is 8.53. The van der Waals surface area contributed by atoms with Gasteiger partial charge in [0.15, 0.2) is 0 Å². The lowest BCUT2D eigenvalue weighted by Gasteiger charge is -2.30. The molecule has 10 heteroatoms. The molecule has 1 saturated heterocycles. The number of methoxy groups -OCH3 is 1. The van der Waals surface area contributed by atoms with Crippen LogP contribution in [-0.4, -0.2) is 56.7 Å². The maximum atomic E-state index is 12.6. The number of carbonyl (C=O) groups is 2. The van der Waals surface area contributed by atoms with Gasteiger partial charge in [0.2, 0.25) is 10.0 Å². The highest BCUT2D eigenvalue weighted by atomic mass is 32.2. The largest absolute Gasteiger partial charge is 0.495 e. The Balaban J connectivity index is 1.77. The second-order valence-electron chi connectivity index (χ2n) is 6.81. The molecule has 1 aromatic carbocycles. The van der Waals surface area contributed by atoms with Gasteiger partial charge in [-0.25, -0.2) is 17.9 Å². The molecule has 1 heterocycles. The van der Waals surface area contributed by atoms with E-state index in [1.165, 1.54) is 30.2 Å². The third-order valence-corrected chi connectivity index (χ3v) is 6.20. The molecule has 1 atom stereocenters. The van der Waals surface area contributed by atoms with Crippen LogP contribution in [0.15, 0.2) is 23.1 Å². The highest BCUT2D eigenvalue weighted by molar-refractivity contribution is 7.89. The molecule has 1 saturated carbocycles. The molecule has 2 aliphatic rings. The zero-order valence-corrected chi connectivity index (χ0v) is 15.8. The molecule has 1 unspecified atom stereocenters. The zero-order chi connectivity index (χ0) is 19.6. The van der Waals surface area contributed by atoms with Crippen molar-refractivity contribution in [2.24, 2.45) is 5.92 Å². The summed E-state index contributed by atoms with van der Waals surface area (Å²) in [6, 6.07) is 3.73. The maximum Gasteiger partial charge on any atom is 0.321 e. The number of piperidine rings is 1. The first kappa shape index (κ1) is 19.4. The average molecular weight is 397 g/mol. The van der Waals surface area contributed by atoms with Crippen molar-refractivity contribution in [2.45, 2.75) is 36.6 Å². The van der Waals surface area contributed by atoms with Crippen molar-refractivity contribution in [1.29, 1.82) is 0 Å². The highest BCUT2D eigenvalue weighted by Gasteiger charge is 2.30. The Morgan fingerprint density at radius 3 is 2.63 bits per heavy atom. The predicted molar refractivity (Wildman–Crippen MR) is 97.3 cm³/mol. The molecule has 3 N–H and O–H groups in total. The van der Waals surface area contributed by atoms with Crippen LogP contribution in [0.5, 0.6) is 5.75 Å². The van der Waals surface area contributed by atoms with Gasteiger partial charge in [-0.15, -0.1) is 0 Å². The quantitative estimate of drug-likeness (QED) is 0.667. The lowest BCUT2D eigenvalue weighted by atomic mass is 9.99. The van der Waals surface area contributed by atoms with Crippen LogP contribution in [0.2, 0.25) is 0 Å². The van der Waals surface area contributed by atoms with Crippen LogP contribution in [0.4, 0.5) is 10.5 Å². The fourth-order valence-electron chi connectivity index (χ4n) is 3.00. The van der Waals surface area contributed by atoms with Crippen molar-refractivity contribution < 1.29 is 27.9 Å². The Morgan fingerprint density at radius 2 is 2.00 bits per heavy atom. The van der Waals surface area contributed by atoms with Crippen LogP contribution >= 0.6 is 0 Å². The van der Waals surface area contributed by atoms with Gasteiger partial charge in [-0.2, -0.15) is 0 Å². The van der Waals surface area contributed by atoms with Crippen LogP contribution in [0, 0.1) is 5.92 Å². The number of anilines is 1. The number of carboxylic acid groups (broad SMARTS) is 1. The van der Waals surface area contributed by atoms with Crippen LogP contribution in [0.25, 0.3) is 0 Å². The molecule has 0 bridgehead atoms. The lowest BCUT2D eigenvalue weighted by Crippen LogP contribution is -2.44. The van der Waals surface area contributed by atoms with Gasteiger partial charge >= 0.3 is 12.0 Å². The molecule has 1 aromatic rings. The summed E-state index contributed by atoms with van der Waals surface area (Å²) in [6.45, 7) is 0.559. The highest BCUT2D eigenvalue weighted by Crippen LogP contribution is 2.30. The number of urea groups is 1. The van der Waals surface area contributed by atoms with Crippen LogP contribution in [0.1, 0.15) is 25.7 Å². The molecule has 1 aliphatic carbocycles. The summed E-state index contributed by atoms with van der Waals surface area (Å²) < 4.78 is 32.6. The van der Waals surface area contributed by atoms with E-state index in [-0.39, 0.29) is 23.2 Å². The summed E-state index contributed by atoms with van der Waals surface area (Å²) in [6.07, 6.45) is 2.77. The minimum absolute atomic E-state index is 0.0311. The minimum Gasteiger partial charge on any atom is -0.495 e. The van der Waals surface area contributed by atoms with Crippen molar-refractivity contribution in [1.82, 2.24) is 9.62 Å². The van der Waals surface area contributed by atoms with Gasteiger partial charge in [-0.05, 0) is 43.9 Å². The topological polar surface area (TPSA) is 125 Å². The van der Waals surface area contributed by atoms with E-state index < -0.39 is 27.9 Å². The smallest absolute Gasteiger partial charge is 0.321 e. The monoisotopic (exact) mass is 397 g/mol. The molecule has 0 aromatic heterocycles. The predicted octanol–water partition coefficient (Wildman–Crippen LogP) is 1.46. The molecule has 2 amide bonds. The van der Waals surface area contributed by atoms with Gasteiger partial charge < -0.3 is 20.1 Å². The van der Waals surface area contributed by atoms with Crippen molar-refractivity contribution in [3.8, 4) is 5.75 Å². The first-order chi connectivity index (χ1) is 12.8. The summed E-state index contributed by atoms with van der Waals surface area (Å²) in [7, 11) is -2.25. The number of hydrogen-bond acceptors (Lipinski definition) is 5. The second kappa shape index (κ2) is 7.73. The van der Waals surface area contributed by atoms with Crippen molar-refractivity contribution in [3.05, 3.63) is 18.2 Å². The van der Waals surface area contributed by atoms with E-state index in [1.54, 1.807) is 0 Å². The van der Waals surface area contributed by atoms with Gasteiger partial charge in [0, 0.05) is 19.1 Å². The molecule has 148 valence electrons. The number of rotatable bonds is 6. The Labute approximate surface area is 157 Å². The van der Waals surface area contributed by atoms with Crippen molar-refractivity contribution in [2.75, 3.05) is 25.5 Å². The molecule has 0 spiro atoms. The lowest BCUT2D eigenvalue weighted by molar-refractivity contribution is -0.143. The zero-order valence-electron chi connectivity index (χ0n) is 15.0. The number of aliphatic carboxylic acids is 1. The number of likely N-dealkylation sites (tertiary alicyclic amines) is 1. The molecule has 0 radical (unpaired) electrons. The van der Waals surface area contributed by atoms with Gasteiger partial charge in [0.1, 0.15) is 5.75 Å². The van der Waals surface area contributed by atoms with Gasteiger partial charge in [-0.3, -0.25) is 4.79 Å². The first-order valence-corrected chi connectivity index (χ1v) is 10.3. The molecule has 3 rings (SSSR count). The van der Waals surface area contributed by atoms with E-state index in [4.69, 9.17) is 9.84 Å². The van der Waals surface area contributed by atoms with Crippen LogP contribution in [0.3, 0.4) is 0 Å². The third-order valence-electron chi connectivity index (χ3n) is 4.68. The Bertz CT molecular complexity index is 837. The number of hydrogen-bond donors (Lipinski definition) is 3. The number of benzene rings is 1. The fraction of sp³-hybridized carbons (Fsp3) is 0.529. The van der Waals surface area contributed by atoms with E-state index in [1.807, 2.05) is 0 Å². The fourth-order valence-corrected chi connectivity index (χ4v) is 4.33. The SMILES string of the molecule is COc1ccc(S(=O)(=O)NC2CC2)cc1NC(=O)N1CCCC(C(=O)O)C1. The Hall–Kier alpha value is -2.33. The molecule has 9 nitrogen and oxygen atoms in total. The summed E-state index contributed by atoms with van der Waals surface area (Å²) >= 11 is 0. The number of nitrogens with one attached hydrogen (secondary N) is 2. The number of nitrogens with zero attached hydrogens (tertiary/aromatic N) is 1. The third kappa shape index (κ3) is 4.69. The van der Waals surface area contributed by atoms with Crippen molar-refractivity contribution >= 4 is 27.7 Å². The van der Waals surface area contributed by atoms with E-state index >= 15 is 0 Å². The average Bonchev–Trinajstić information content (AvgIpc) is 3.45. The molecule has 1 aliphatic heterocycles. The van der Waals surface area contributed by atoms with Gasteiger partial charge in [0.05, 0.1) is 23.6 Å². The van der Waals surface area contributed by atoms with E-state index in [0.29, 0.717) is 25.1 Å². The summed E-state index contributed by atoms with van der Waals surface area (Å²) in [5.74, 6) is -1.20. The normalized spacial score (nSPS) is 20.2. The van der Waals surface area contributed by atoms with Crippen LogP contribution < -0.4 is 14.8 Å². The molecular weight excluding hydrogens is 374 g/mol. The summed E-state index contributed by atoms with van der Waals surface area (Å²) in [4.78, 5) is 25.2. The van der Waals surface area contributed by atoms with E-state index in [0.717, 1.165) is 12.8 Å². The number of amides is 2. The van der Waals surface area contributed by atoms with E-state index in [2.05, 4.69) is 10.0 Å². The number of carboxylic acids is 1.